The van der Waals surface area contributed by atoms with E-state index in [-0.39, 0.29) is 11.5 Å². The summed E-state index contributed by atoms with van der Waals surface area (Å²) in [6.45, 7) is 0. The predicted octanol–water partition coefficient (Wildman–Crippen LogP) is 1.63. The van der Waals surface area contributed by atoms with Crippen molar-refractivity contribution in [2.24, 2.45) is 0 Å². The molecule has 0 amide bonds. The second-order valence-corrected chi connectivity index (χ2v) is 4.33. The highest BCUT2D eigenvalue weighted by atomic mass is 16.1. The first-order chi connectivity index (χ1) is 8.34. The van der Waals surface area contributed by atoms with Gasteiger partial charge in [-0.2, -0.15) is 0 Å². The van der Waals surface area contributed by atoms with Gasteiger partial charge in [-0.05, 0) is 30.9 Å². The van der Waals surface area contributed by atoms with Gasteiger partial charge in [0, 0.05) is 18.2 Å². The smallest absolute Gasteiger partial charge is 0.250 e. The number of hydrogen-bond acceptors (Lipinski definition) is 3. The maximum absolute atomic E-state index is 11.3. The molecule has 4 heteroatoms. The van der Waals surface area contributed by atoms with E-state index < -0.39 is 0 Å². The lowest BCUT2D eigenvalue weighted by molar-refractivity contribution is 0.586. The molecule has 0 radical (unpaired) electrons. The molecule has 0 aromatic carbocycles. The maximum Gasteiger partial charge on any atom is 0.250 e. The van der Waals surface area contributed by atoms with Crippen LogP contribution in [0.15, 0.2) is 35.5 Å². The molecule has 0 aliphatic heterocycles. The highest BCUT2D eigenvalue weighted by Gasteiger charge is 2.23. The van der Waals surface area contributed by atoms with Crippen LogP contribution in [0.2, 0.25) is 0 Å². The largest absolute Gasteiger partial charge is 0.313 e. The molecule has 2 aromatic heterocycles. The first-order valence-electron chi connectivity index (χ1n) is 5.83. The van der Waals surface area contributed by atoms with Crippen molar-refractivity contribution in [1.29, 1.82) is 0 Å². The summed E-state index contributed by atoms with van der Waals surface area (Å²) in [7, 11) is 0. The highest BCUT2D eigenvalue weighted by Crippen LogP contribution is 2.33. The summed E-state index contributed by atoms with van der Waals surface area (Å²) in [6, 6.07) is 5.66. The zero-order valence-corrected chi connectivity index (χ0v) is 9.39. The van der Waals surface area contributed by atoms with Crippen LogP contribution in [-0.4, -0.2) is 15.0 Å². The Morgan fingerprint density at radius 1 is 1.35 bits per heavy atom. The zero-order chi connectivity index (χ0) is 11.7. The molecule has 0 saturated carbocycles. The van der Waals surface area contributed by atoms with Crippen molar-refractivity contribution in [1.82, 2.24) is 15.0 Å². The first kappa shape index (κ1) is 10.2. The van der Waals surface area contributed by atoms with Crippen LogP contribution < -0.4 is 5.56 Å². The van der Waals surface area contributed by atoms with Crippen molar-refractivity contribution in [2.45, 2.75) is 25.2 Å². The van der Waals surface area contributed by atoms with Gasteiger partial charge in [0.25, 0.3) is 5.56 Å². The van der Waals surface area contributed by atoms with Crippen LogP contribution in [0.25, 0.3) is 0 Å². The number of nitrogens with one attached hydrogen (secondary N) is 1. The number of aromatic nitrogens is 3. The molecule has 0 spiro atoms. The van der Waals surface area contributed by atoms with Gasteiger partial charge in [0.15, 0.2) is 0 Å². The monoisotopic (exact) mass is 227 g/mol. The van der Waals surface area contributed by atoms with Crippen LogP contribution >= 0.6 is 0 Å². The fraction of sp³-hybridized carbons (Fsp3) is 0.308. The quantitative estimate of drug-likeness (QED) is 0.805. The lowest BCUT2D eigenvalue weighted by Crippen LogP contribution is -2.17. The van der Waals surface area contributed by atoms with E-state index in [1.807, 2.05) is 12.3 Å². The van der Waals surface area contributed by atoms with Gasteiger partial charge in [-0.3, -0.25) is 9.78 Å². The Morgan fingerprint density at radius 3 is 3.18 bits per heavy atom. The first-order valence-corrected chi connectivity index (χ1v) is 5.83. The van der Waals surface area contributed by atoms with Gasteiger partial charge < -0.3 is 4.98 Å². The van der Waals surface area contributed by atoms with E-state index >= 15 is 0 Å². The molecule has 17 heavy (non-hydrogen) atoms. The van der Waals surface area contributed by atoms with Gasteiger partial charge in [-0.25, -0.2) is 4.98 Å². The van der Waals surface area contributed by atoms with E-state index in [0.717, 1.165) is 30.7 Å². The number of aromatic amines is 1. The number of H-pyrrole nitrogens is 1. The fourth-order valence-electron chi connectivity index (χ4n) is 2.47. The van der Waals surface area contributed by atoms with Crippen LogP contribution in [0.1, 0.15) is 35.7 Å². The Hall–Kier alpha value is -1.97. The standard InChI is InChI=1S/C13H13N3O/c17-12-7-11(15-8-16-12)10-5-1-3-9-4-2-6-14-13(9)10/h2,4,6-8,10H,1,3,5H2,(H,15,16,17). The van der Waals surface area contributed by atoms with Gasteiger partial charge in [0.05, 0.1) is 17.7 Å². The third-order valence-electron chi connectivity index (χ3n) is 3.25. The fourth-order valence-corrected chi connectivity index (χ4v) is 2.47. The number of aryl methyl sites for hydroxylation is 1. The van der Waals surface area contributed by atoms with Crippen molar-refractivity contribution < 1.29 is 0 Å². The molecule has 4 nitrogen and oxygen atoms in total. The molecule has 1 unspecified atom stereocenters. The second-order valence-electron chi connectivity index (χ2n) is 4.33. The van der Waals surface area contributed by atoms with Crippen LogP contribution in [0.4, 0.5) is 0 Å². The topological polar surface area (TPSA) is 58.6 Å². The van der Waals surface area contributed by atoms with E-state index in [1.165, 1.54) is 11.9 Å². The molecule has 0 saturated heterocycles. The minimum absolute atomic E-state index is 0.0990. The Bertz CT molecular complexity index is 591. The van der Waals surface area contributed by atoms with Crippen molar-refractivity contribution in [3.63, 3.8) is 0 Å². The molecule has 2 aromatic rings. The molecule has 2 heterocycles. The lowest BCUT2D eigenvalue weighted by atomic mass is 9.84. The summed E-state index contributed by atoms with van der Waals surface area (Å²) >= 11 is 0. The van der Waals surface area contributed by atoms with E-state index in [2.05, 4.69) is 21.0 Å². The molecule has 3 rings (SSSR count). The van der Waals surface area contributed by atoms with Gasteiger partial charge in [-0.15, -0.1) is 0 Å². The molecule has 1 N–H and O–H groups in total. The van der Waals surface area contributed by atoms with E-state index in [9.17, 15) is 4.79 Å². The molecule has 0 bridgehead atoms. The second kappa shape index (κ2) is 4.13. The molecular formula is C13H13N3O. The minimum Gasteiger partial charge on any atom is -0.313 e. The SMILES string of the molecule is O=c1cc(C2CCCc3cccnc32)nc[nH]1. The Morgan fingerprint density at radius 2 is 2.29 bits per heavy atom. The van der Waals surface area contributed by atoms with Crippen molar-refractivity contribution in [3.8, 4) is 0 Å². The molecule has 1 aliphatic rings. The van der Waals surface area contributed by atoms with Crippen LogP contribution in [0.5, 0.6) is 0 Å². The summed E-state index contributed by atoms with van der Waals surface area (Å²) in [6.07, 6.45) is 6.49. The summed E-state index contributed by atoms with van der Waals surface area (Å²) in [5, 5.41) is 0. The molecular weight excluding hydrogens is 214 g/mol. The lowest BCUT2D eigenvalue weighted by Gasteiger charge is -2.23. The number of fused-ring (bicyclic) bond motifs is 1. The van der Waals surface area contributed by atoms with E-state index in [4.69, 9.17) is 0 Å². The third kappa shape index (κ3) is 1.86. The van der Waals surface area contributed by atoms with E-state index in [1.54, 1.807) is 6.07 Å². The molecule has 86 valence electrons. The average molecular weight is 227 g/mol. The Labute approximate surface area is 98.8 Å². The molecule has 1 atom stereocenters. The Balaban J connectivity index is 2.09. The molecule has 1 aliphatic carbocycles. The van der Waals surface area contributed by atoms with Crippen molar-refractivity contribution >= 4 is 0 Å². The number of rotatable bonds is 1. The number of pyridine rings is 1. The summed E-state index contributed by atoms with van der Waals surface area (Å²) in [5.41, 5.74) is 3.09. The van der Waals surface area contributed by atoms with Crippen LogP contribution in [0.3, 0.4) is 0 Å². The summed E-state index contributed by atoms with van der Waals surface area (Å²) < 4.78 is 0. The minimum atomic E-state index is -0.0990. The molecule has 0 fully saturated rings. The normalized spacial score (nSPS) is 18.7. The van der Waals surface area contributed by atoms with Crippen molar-refractivity contribution in [2.75, 3.05) is 0 Å². The van der Waals surface area contributed by atoms with Gasteiger partial charge in [0.1, 0.15) is 0 Å². The van der Waals surface area contributed by atoms with Crippen LogP contribution in [-0.2, 0) is 6.42 Å². The van der Waals surface area contributed by atoms with Gasteiger partial charge in [-0.1, -0.05) is 6.07 Å². The van der Waals surface area contributed by atoms with Crippen molar-refractivity contribution in [3.05, 3.63) is 58.0 Å². The maximum atomic E-state index is 11.3. The predicted molar refractivity (Wildman–Crippen MR) is 63.9 cm³/mol. The van der Waals surface area contributed by atoms with Gasteiger partial charge >= 0.3 is 0 Å². The third-order valence-corrected chi connectivity index (χ3v) is 3.25. The zero-order valence-electron chi connectivity index (χ0n) is 9.39. The van der Waals surface area contributed by atoms with E-state index in [0.29, 0.717) is 0 Å². The summed E-state index contributed by atoms with van der Waals surface area (Å²) in [5.74, 6) is 0.169. The Kier molecular flexibility index (Phi) is 2.48. The average Bonchev–Trinajstić information content (AvgIpc) is 2.38. The van der Waals surface area contributed by atoms with Gasteiger partial charge in [0.2, 0.25) is 0 Å². The highest BCUT2D eigenvalue weighted by molar-refractivity contribution is 5.31. The number of nitrogens with zero attached hydrogens (tertiary/aromatic N) is 2. The van der Waals surface area contributed by atoms with Crippen LogP contribution in [0, 0.1) is 0 Å². The number of hydrogen-bond donors (Lipinski definition) is 1. The summed E-state index contributed by atoms with van der Waals surface area (Å²) in [4.78, 5) is 22.6.